The highest BCUT2D eigenvalue weighted by Crippen LogP contribution is 2.32. The van der Waals surface area contributed by atoms with Crippen molar-refractivity contribution in [1.29, 1.82) is 0 Å². The molecular formula is C22H17ClN4O3S. The molecule has 2 aromatic heterocycles. The molecule has 5 rings (SSSR count). The second-order valence-electron chi connectivity index (χ2n) is 7.20. The molecule has 31 heavy (non-hydrogen) atoms. The summed E-state index contributed by atoms with van der Waals surface area (Å²) in [5, 5.41) is 11.9. The number of ether oxygens (including phenoxy) is 1. The first-order chi connectivity index (χ1) is 15.0. The van der Waals surface area contributed by atoms with Crippen LogP contribution in [0.2, 0.25) is 5.02 Å². The van der Waals surface area contributed by atoms with Crippen molar-refractivity contribution < 1.29 is 14.3 Å². The number of rotatable bonds is 4. The summed E-state index contributed by atoms with van der Waals surface area (Å²) in [6, 6.07) is 14.6. The zero-order valence-corrected chi connectivity index (χ0v) is 18.0. The van der Waals surface area contributed by atoms with Gasteiger partial charge in [0.15, 0.2) is 6.61 Å². The second kappa shape index (κ2) is 7.72. The fourth-order valence-corrected chi connectivity index (χ4v) is 4.63. The summed E-state index contributed by atoms with van der Waals surface area (Å²) in [5.74, 6) is 0.139. The normalized spacial score (nSPS) is 12.9. The van der Waals surface area contributed by atoms with Crippen molar-refractivity contribution in [1.82, 2.24) is 9.78 Å². The van der Waals surface area contributed by atoms with Crippen LogP contribution in [0.1, 0.15) is 20.9 Å². The SMILES string of the molecule is Cc1nn(Cc2ccc(Cl)cc2)c2sc(C(=O)Nc3ccc4c(c3)NC(=O)CO4)cc12. The lowest BCUT2D eigenvalue weighted by Crippen LogP contribution is -2.25. The standard InChI is InChI=1S/C22H17ClN4O3S/c1-12-16-9-19(31-22(16)27(26-12)10-13-2-4-14(23)5-3-13)21(29)24-15-6-7-18-17(8-15)25-20(28)11-30-18/h2-9H,10-11H2,1H3,(H,24,29)(H,25,28). The molecule has 1 aliphatic rings. The Hall–Kier alpha value is -3.36. The Morgan fingerprint density at radius 2 is 2.06 bits per heavy atom. The van der Waals surface area contributed by atoms with Crippen LogP contribution in [-0.2, 0) is 11.3 Å². The van der Waals surface area contributed by atoms with Gasteiger partial charge in [-0.3, -0.25) is 14.3 Å². The third-order valence-electron chi connectivity index (χ3n) is 4.95. The Kier molecular flexibility index (Phi) is 4.88. The zero-order valence-electron chi connectivity index (χ0n) is 16.4. The van der Waals surface area contributed by atoms with E-state index in [1.165, 1.54) is 11.3 Å². The van der Waals surface area contributed by atoms with Gasteiger partial charge in [-0.15, -0.1) is 11.3 Å². The van der Waals surface area contributed by atoms with Gasteiger partial charge >= 0.3 is 0 Å². The highest BCUT2D eigenvalue weighted by atomic mass is 35.5. The highest BCUT2D eigenvalue weighted by molar-refractivity contribution is 7.20. The first-order valence-electron chi connectivity index (χ1n) is 9.56. The number of aryl methyl sites for hydroxylation is 1. The zero-order chi connectivity index (χ0) is 21.5. The van der Waals surface area contributed by atoms with Gasteiger partial charge < -0.3 is 15.4 Å². The van der Waals surface area contributed by atoms with Crippen LogP contribution in [-0.4, -0.2) is 28.2 Å². The maximum absolute atomic E-state index is 12.9. The van der Waals surface area contributed by atoms with Gasteiger partial charge in [0.1, 0.15) is 10.6 Å². The molecule has 0 fully saturated rings. The van der Waals surface area contributed by atoms with E-state index in [4.69, 9.17) is 16.3 Å². The minimum atomic E-state index is -0.221. The van der Waals surface area contributed by atoms with Gasteiger partial charge in [0.05, 0.1) is 22.8 Å². The van der Waals surface area contributed by atoms with Crippen LogP contribution in [0.3, 0.4) is 0 Å². The number of thiophene rings is 1. The van der Waals surface area contributed by atoms with E-state index >= 15 is 0 Å². The van der Waals surface area contributed by atoms with Crippen LogP contribution in [0.15, 0.2) is 48.5 Å². The highest BCUT2D eigenvalue weighted by Gasteiger charge is 2.19. The summed E-state index contributed by atoms with van der Waals surface area (Å²) in [6.45, 7) is 2.52. The minimum absolute atomic E-state index is 0.00706. The molecule has 0 atom stereocenters. The molecule has 1 aliphatic heterocycles. The Balaban J connectivity index is 1.39. The molecule has 156 valence electrons. The third-order valence-corrected chi connectivity index (χ3v) is 6.35. The summed E-state index contributed by atoms with van der Waals surface area (Å²) in [6.07, 6.45) is 0. The molecule has 0 saturated carbocycles. The molecule has 2 aromatic carbocycles. The molecular weight excluding hydrogens is 436 g/mol. The summed E-state index contributed by atoms with van der Waals surface area (Å²) in [7, 11) is 0. The number of halogens is 1. The molecule has 0 bridgehead atoms. The molecule has 0 aliphatic carbocycles. The summed E-state index contributed by atoms with van der Waals surface area (Å²) in [4.78, 5) is 25.9. The van der Waals surface area contributed by atoms with E-state index in [0.29, 0.717) is 33.6 Å². The summed E-state index contributed by atoms with van der Waals surface area (Å²) in [5.41, 5.74) is 3.06. The average Bonchev–Trinajstić information content (AvgIpc) is 3.31. The Bertz CT molecular complexity index is 1330. The largest absolute Gasteiger partial charge is 0.482 e. The van der Waals surface area contributed by atoms with Crippen LogP contribution in [0.25, 0.3) is 10.2 Å². The first-order valence-corrected chi connectivity index (χ1v) is 10.8. The van der Waals surface area contributed by atoms with Gasteiger partial charge in [-0.2, -0.15) is 5.10 Å². The van der Waals surface area contributed by atoms with Crippen molar-refractivity contribution in [3.63, 3.8) is 0 Å². The van der Waals surface area contributed by atoms with Crippen molar-refractivity contribution in [3.05, 3.63) is 69.7 Å². The predicted molar refractivity (Wildman–Crippen MR) is 121 cm³/mol. The molecule has 0 radical (unpaired) electrons. The van der Waals surface area contributed by atoms with E-state index in [1.54, 1.807) is 18.2 Å². The van der Waals surface area contributed by atoms with Gasteiger partial charge in [0.2, 0.25) is 0 Å². The van der Waals surface area contributed by atoms with E-state index in [-0.39, 0.29) is 18.4 Å². The van der Waals surface area contributed by atoms with E-state index in [1.807, 2.05) is 41.9 Å². The van der Waals surface area contributed by atoms with Gasteiger partial charge in [-0.25, -0.2) is 0 Å². The lowest BCUT2D eigenvalue weighted by molar-refractivity contribution is -0.118. The average molecular weight is 453 g/mol. The molecule has 0 saturated heterocycles. The van der Waals surface area contributed by atoms with Crippen molar-refractivity contribution in [2.75, 3.05) is 17.2 Å². The minimum Gasteiger partial charge on any atom is -0.482 e. The number of benzene rings is 2. The van der Waals surface area contributed by atoms with Gasteiger partial charge in [0.25, 0.3) is 11.8 Å². The fourth-order valence-electron chi connectivity index (χ4n) is 3.45. The van der Waals surface area contributed by atoms with Gasteiger partial charge in [-0.05, 0) is 48.9 Å². The number of nitrogens with zero attached hydrogens (tertiary/aromatic N) is 2. The van der Waals surface area contributed by atoms with E-state index in [2.05, 4.69) is 15.7 Å². The number of aromatic nitrogens is 2. The monoisotopic (exact) mass is 452 g/mol. The maximum atomic E-state index is 12.9. The Morgan fingerprint density at radius 3 is 2.87 bits per heavy atom. The van der Waals surface area contributed by atoms with Crippen molar-refractivity contribution in [2.24, 2.45) is 0 Å². The van der Waals surface area contributed by atoms with E-state index < -0.39 is 0 Å². The lowest BCUT2D eigenvalue weighted by Gasteiger charge is -2.18. The molecule has 9 heteroatoms. The van der Waals surface area contributed by atoms with Crippen LogP contribution in [0.5, 0.6) is 5.75 Å². The molecule has 0 unspecified atom stereocenters. The molecule has 7 nitrogen and oxygen atoms in total. The van der Waals surface area contributed by atoms with Crippen molar-refractivity contribution in [2.45, 2.75) is 13.5 Å². The number of hydrogen-bond acceptors (Lipinski definition) is 5. The molecule has 2 amide bonds. The van der Waals surface area contributed by atoms with Crippen LogP contribution >= 0.6 is 22.9 Å². The van der Waals surface area contributed by atoms with E-state index in [9.17, 15) is 9.59 Å². The number of anilines is 2. The Morgan fingerprint density at radius 1 is 1.26 bits per heavy atom. The van der Waals surface area contributed by atoms with E-state index in [0.717, 1.165) is 21.5 Å². The summed E-state index contributed by atoms with van der Waals surface area (Å²) < 4.78 is 7.26. The topological polar surface area (TPSA) is 85.3 Å². The number of hydrogen-bond donors (Lipinski definition) is 2. The molecule has 4 aromatic rings. The first kappa shape index (κ1) is 19.6. The maximum Gasteiger partial charge on any atom is 0.265 e. The number of amides is 2. The molecule has 3 heterocycles. The molecule has 2 N–H and O–H groups in total. The van der Waals surface area contributed by atoms with Gasteiger partial charge in [0, 0.05) is 16.1 Å². The van der Waals surface area contributed by atoms with Gasteiger partial charge in [-0.1, -0.05) is 23.7 Å². The number of fused-ring (bicyclic) bond motifs is 2. The number of nitrogens with one attached hydrogen (secondary N) is 2. The second-order valence-corrected chi connectivity index (χ2v) is 8.67. The van der Waals surface area contributed by atoms with Crippen LogP contribution < -0.4 is 15.4 Å². The lowest BCUT2D eigenvalue weighted by atomic mass is 10.2. The van der Waals surface area contributed by atoms with Crippen molar-refractivity contribution in [3.8, 4) is 5.75 Å². The van der Waals surface area contributed by atoms with Crippen molar-refractivity contribution >= 4 is 56.3 Å². The number of carbonyl (C=O) groups is 2. The smallest absolute Gasteiger partial charge is 0.265 e. The quantitative estimate of drug-likeness (QED) is 0.470. The molecule has 0 spiro atoms. The van der Waals surface area contributed by atoms with Crippen LogP contribution in [0, 0.1) is 6.92 Å². The Labute approximate surface area is 186 Å². The number of carbonyl (C=O) groups excluding carboxylic acids is 2. The summed E-state index contributed by atoms with van der Waals surface area (Å²) >= 11 is 7.36. The van der Waals surface area contributed by atoms with Crippen LogP contribution in [0.4, 0.5) is 11.4 Å². The fraction of sp³-hybridized carbons (Fsp3) is 0.136. The predicted octanol–water partition coefficient (Wildman–Crippen LogP) is 4.69. The third kappa shape index (κ3) is 3.87.